The first-order valence-electron chi connectivity index (χ1n) is 9.79. The number of halogens is 1. The number of nitrogens with zero attached hydrogens (tertiary/aromatic N) is 4. The Balaban J connectivity index is 1.47. The van der Waals surface area contributed by atoms with E-state index in [4.69, 9.17) is 4.42 Å². The largest absolute Gasteiger partial charge is 0.403 e. The lowest BCUT2D eigenvalue weighted by atomic mass is 10.1. The number of para-hydroxylation sites is 1. The van der Waals surface area contributed by atoms with Crippen molar-refractivity contribution in [2.24, 2.45) is 0 Å². The number of carbonyl (C=O) groups is 1. The smallest absolute Gasteiger partial charge is 0.322 e. The molecule has 8 heteroatoms. The molecule has 0 fully saturated rings. The minimum absolute atomic E-state index is 0.0728. The fraction of sp³-hybridized carbons (Fsp3) is 0. The van der Waals surface area contributed by atoms with Gasteiger partial charge in [-0.1, -0.05) is 53.6 Å². The van der Waals surface area contributed by atoms with E-state index in [0.717, 1.165) is 11.3 Å². The monoisotopic (exact) mass is 425 g/mol. The molecule has 0 unspecified atom stereocenters. The predicted molar refractivity (Wildman–Crippen MR) is 117 cm³/mol. The van der Waals surface area contributed by atoms with E-state index in [1.807, 2.05) is 60.7 Å². The molecule has 0 spiro atoms. The fourth-order valence-corrected chi connectivity index (χ4v) is 3.20. The molecule has 2 aromatic heterocycles. The molecule has 7 nitrogen and oxygen atoms in total. The van der Waals surface area contributed by atoms with E-state index in [-0.39, 0.29) is 17.7 Å². The summed E-state index contributed by atoms with van der Waals surface area (Å²) in [6, 6.07) is 26.2. The average molecular weight is 425 g/mol. The van der Waals surface area contributed by atoms with Crippen LogP contribution in [-0.4, -0.2) is 25.9 Å². The zero-order chi connectivity index (χ0) is 21.9. The van der Waals surface area contributed by atoms with Crippen molar-refractivity contribution < 1.29 is 13.6 Å². The van der Waals surface area contributed by atoms with Gasteiger partial charge in [-0.15, -0.1) is 5.10 Å². The van der Waals surface area contributed by atoms with Gasteiger partial charge in [-0.3, -0.25) is 10.1 Å². The summed E-state index contributed by atoms with van der Waals surface area (Å²) in [6.45, 7) is 0. The number of rotatable bonds is 5. The number of hydrogen-bond acceptors (Lipinski definition) is 5. The minimum atomic E-state index is -0.460. The standard InChI is InChI=1S/C24H16FN5O2/c25-18-13-11-17(12-14-18)23-27-28-24(32-23)26-22(31)21-15-20(16-7-3-1-4-8-16)29-30(21)19-9-5-2-6-10-19/h1-15H,(H,26,28,31). The number of hydrogen-bond donors (Lipinski definition) is 1. The lowest BCUT2D eigenvalue weighted by Gasteiger charge is -2.06. The number of carbonyl (C=O) groups excluding carboxylic acids is 1. The second-order valence-corrected chi connectivity index (χ2v) is 6.90. The fourth-order valence-electron chi connectivity index (χ4n) is 3.20. The maximum Gasteiger partial charge on any atom is 0.322 e. The highest BCUT2D eigenvalue weighted by Crippen LogP contribution is 2.24. The molecular formula is C24H16FN5O2. The summed E-state index contributed by atoms with van der Waals surface area (Å²) in [5.41, 5.74) is 3.11. The third-order valence-corrected chi connectivity index (χ3v) is 4.75. The van der Waals surface area contributed by atoms with Gasteiger partial charge in [-0.25, -0.2) is 9.07 Å². The normalized spacial score (nSPS) is 10.8. The molecule has 2 heterocycles. The van der Waals surface area contributed by atoms with Gasteiger partial charge >= 0.3 is 6.01 Å². The maximum atomic E-state index is 13.1. The van der Waals surface area contributed by atoms with Gasteiger partial charge in [0.2, 0.25) is 5.89 Å². The Morgan fingerprint density at radius 3 is 2.25 bits per heavy atom. The number of nitrogens with one attached hydrogen (secondary N) is 1. The van der Waals surface area contributed by atoms with Gasteiger partial charge in [-0.2, -0.15) is 5.10 Å². The van der Waals surface area contributed by atoms with Crippen LogP contribution >= 0.6 is 0 Å². The number of anilines is 1. The molecule has 0 saturated carbocycles. The van der Waals surface area contributed by atoms with E-state index in [1.165, 1.54) is 24.3 Å². The molecule has 5 aromatic rings. The summed E-state index contributed by atoms with van der Waals surface area (Å²) >= 11 is 0. The van der Waals surface area contributed by atoms with Crippen molar-refractivity contribution in [3.8, 4) is 28.4 Å². The van der Waals surface area contributed by atoms with E-state index < -0.39 is 5.91 Å². The summed E-state index contributed by atoms with van der Waals surface area (Å²) < 4.78 is 20.2. The van der Waals surface area contributed by atoms with Crippen LogP contribution in [0.1, 0.15) is 10.5 Å². The third kappa shape index (κ3) is 3.89. The number of benzene rings is 3. The lowest BCUT2D eigenvalue weighted by molar-refractivity contribution is 0.101. The molecule has 0 radical (unpaired) electrons. The van der Waals surface area contributed by atoms with E-state index >= 15 is 0 Å². The van der Waals surface area contributed by atoms with Gasteiger partial charge in [0.15, 0.2) is 0 Å². The summed E-state index contributed by atoms with van der Waals surface area (Å²) in [5, 5.41) is 15.0. The molecule has 0 atom stereocenters. The second kappa shape index (κ2) is 8.27. The van der Waals surface area contributed by atoms with Crippen LogP contribution in [-0.2, 0) is 0 Å². The molecule has 0 aliphatic rings. The molecule has 1 N–H and O–H groups in total. The van der Waals surface area contributed by atoms with Crippen molar-refractivity contribution in [2.75, 3.05) is 5.32 Å². The van der Waals surface area contributed by atoms with Gasteiger partial charge in [-0.05, 0) is 42.5 Å². The van der Waals surface area contributed by atoms with Crippen molar-refractivity contribution >= 4 is 11.9 Å². The Hall–Kier alpha value is -4.59. The molecule has 0 bridgehead atoms. The highest BCUT2D eigenvalue weighted by Gasteiger charge is 2.20. The van der Waals surface area contributed by atoms with Crippen LogP contribution in [0.2, 0.25) is 0 Å². The van der Waals surface area contributed by atoms with Gasteiger partial charge in [0.25, 0.3) is 5.91 Å². The second-order valence-electron chi connectivity index (χ2n) is 6.90. The van der Waals surface area contributed by atoms with E-state index in [9.17, 15) is 9.18 Å². The average Bonchev–Trinajstić information content (AvgIpc) is 3.48. The van der Waals surface area contributed by atoms with Gasteiger partial charge < -0.3 is 4.42 Å². The maximum absolute atomic E-state index is 13.1. The van der Waals surface area contributed by atoms with Crippen molar-refractivity contribution in [1.82, 2.24) is 20.0 Å². The molecule has 32 heavy (non-hydrogen) atoms. The van der Waals surface area contributed by atoms with Gasteiger partial charge in [0.05, 0.1) is 11.4 Å². The minimum Gasteiger partial charge on any atom is -0.403 e. The first-order valence-corrected chi connectivity index (χ1v) is 9.79. The van der Waals surface area contributed by atoms with Gasteiger partial charge in [0.1, 0.15) is 11.5 Å². The molecular weight excluding hydrogens is 409 g/mol. The molecule has 156 valence electrons. The van der Waals surface area contributed by atoms with Crippen LogP contribution < -0.4 is 5.32 Å². The van der Waals surface area contributed by atoms with E-state index in [2.05, 4.69) is 20.6 Å². The molecule has 3 aromatic carbocycles. The van der Waals surface area contributed by atoms with Crippen molar-refractivity contribution in [2.45, 2.75) is 0 Å². The van der Waals surface area contributed by atoms with Crippen LogP contribution in [0.4, 0.5) is 10.4 Å². The summed E-state index contributed by atoms with van der Waals surface area (Å²) in [6.07, 6.45) is 0. The Bertz CT molecular complexity index is 1360. The number of aromatic nitrogens is 4. The molecule has 0 aliphatic heterocycles. The Kier molecular flexibility index (Phi) is 5.01. The highest BCUT2D eigenvalue weighted by atomic mass is 19.1. The summed E-state index contributed by atoms with van der Waals surface area (Å²) in [5.74, 6) is -0.662. The quantitative estimate of drug-likeness (QED) is 0.429. The van der Waals surface area contributed by atoms with Crippen molar-refractivity contribution in [1.29, 1.82) is 0 Å². The molecule has 5 rings (SSSR count). The first-order chi connectivity index (χ1) is 15.7. The SMILES string of the molecule is O=C(Nc1nnc(-c2ccc(F)cc2)o1)c1cc(-c2ccccc2)nn1-c1ccccc1. The van der Waals surface area contributed by atoms with Crippen LogP contribution in [0.15, 0.2) is 95.4 Å². The summed E-state index contributed by atoms with van der Waals surface area (Å²) in [7, 11) is 0. The first kappa shape index (κ1) is 19.4. The van der Waals surface area contributed by atoms with Crippen LogP contribution in [0, 0.1) is 5.82 Å². The zero-order valence-electron chi connectivity index (χ0n) is 16.6. The topological polar surface area (TPSA) is 85.8 Å². The van der Waals surface area contributed by atoms with Crippen LogP contribution in [0.3, 0.4) is 0 Å². The Morgan fingerprint density at radius 1 is 0.844 bits per heavy atom. The van der Waals surface area contributed by atoms with E-state index in [1.54, 1.807) is 10.7 Å². The highest BCUT2D eigenvalue weighted by molar-refractivity contribution is 6.03. The predicted octanol–water partition coefficient (Wildman–Crippen LogP) is 4.98. The molecule has 0 saturated heterocycles. The third-order valence-electron chi connectivity index (χ3n) is 4.75. The lowest BCUT2D eigenvalue weighted by Crippen LogP contribution is -2.17. The Labute approximate surface area is 182 Å². The number of amides is 1. The Morgan fingerprint density at radius 2 is 1.53 bits per heavy atom. The van der Waals surface area contributed by atoms with Gasteiger partial charge in [0, 0.05) is 11.1 Å². The molecule has 0 aliphatic carbocycles. The van der Waals surface area contributed by atoms with Crippen molar-refractivity contribution in [3.63, 3.8) is 0 Å². The van der Waals surface area contributed by atoms with E-state index in [0.29, 0.717) is 17.0 Å². The van der Waals surface area contributed by atoms with Crippen LogP contribution in [0.25, 0.3) is 28.4 Å². The molecule has 1 amide bonds. The van der Waals surface area contributed by atoms with Crippen LogP contribution in [0.5, 0.6) is 0 Å². The van der Waals surface area contributed by atoms with Crippen molar-refractivity contribution in [3.05, 3.63) is 103 Å². The zero-order valence-corrected chi connectivity index (χ0v) is 16.6. The summed E-state index contributed by atoms with van der Waals surface area (Å²) in [4.78, 5) is 13.1.